The summed E-state index contributed by atoms with van der Waals surface area (Å²) in [6.07, 6.45) is 3.59. The Labute approximate surface area is 156 Å². The van der Waals surface area contributed by atoms with Gasteiger partial charge >= 0.3 is 0 Å². The lowest BCUT2D eigenvalue weighted by molar-refractivity contribution is -0.124. The first-order valence-corrected chi connectivity index (χ1v) is 10.7. The Morgan fingerprint density at radius 3 is 2.46 bits per heavy atom. The number of carbonyl (C=O) groups excluding carboxylic acids is 1. The van der Waals surface area contributed by atoms with Crippen molar-refractivity contribution in [2.75, 3.05) is 7.11 Å². The van der Waals surface area contributed by atoms with E-state index in [-0.39, 0.29) is 16.8 Å². The molecule has 0 heterocycles. The fourth-order valence-electron chi connectivity index (χ4n) is 3.40. The highest BCUT2D eigenvalue weighted by Crippen LogP contribution is 2.29. The SMILES string of the molecule is CCC(NS(=O)(=O)c1ccc(OC)cc1)C(=O)NC1CCCC(C)C1C. The lowest BCUT2D eigenvalue weighted by atomic mass is 9.78. The molecule has 1 aliphatic rings. The number of rotatable bonds is 7. The maximum absolute atomic E-state index is 12.6. The second-order valence-electron chi connectivity index (χ2n) is 7.14. The number of hydrogen-bond donors (Lipinski definition) is 2. The molecule has 0 saturated heterocycles. The van der Waals surface area contributed by atoms with E-state index in [1.165, 1.54) is 25.7 Å². The number of amides is 1. The number of ether oxygens (including phenoxy) is 1. The van der Waals surface area contributed by atoms with E-state index in [4.69, 9.17) is 4.74 Å². The lowest BCUT2D eigenvalue weighted by Crippen LogP contribution is -2.52. The van der Waals surface area contributed by atoms with Gasteiger partial charge in [0.25, 0.3) is 0 Å². The van der Waals surface area contributed by atoms with Crippen LogP contribution in [-0.4, -0.2) is 33.5 Å². The molecule has 1 aromatic rings. The Morgan fingerprint density at radius 1 is 1.23 bits per heavy atom. The summed E-state index contributed by atoms with van der Waals surface area (Å²) in [5.74, 6) is 1.28. The molecular weight excluding hydrogens is 352 g/mol. The molecule has 0 spiro atoms. The Morgan fingerprint density at radius 2 is 1.88 bits per heavy atom. The summed E-state index contributed by atoms with van der Waals surface area (Å²) in [5.41, 5.74) is 0. The van der Waals surface area contributed by atoms with Crippen molar-refractivity contribution >= 4 is 15.9 Å². The third kappa shape index (κ3) is 4.98. The molecule has 26 heavy (non-hydrogen) atoms. The van der Waals surface area contributed by atoms with Crippen LogP contribution in [0.15, 0.2) is 29.2 Å². The average Bonchev–Trinajstić information content (AvgIpc) is 2.63. The topological polar surface area (TPSA) is 84.5 Å². The number of sulfonamides is 1. The van der Waals surface area contributed by atoms with Crippen molar-refractivity contribution in [1.82, 2.24) is 10.0 Å². The fourth-order valence-corrected chi connectivity index (χ4v) is 4.68. The van der Waals surface area contributed by atoms with E-state index in [0.717, 1.165) is 12.8 Å². The fraction of sp³-hybridized carbons (Fsp3) is 0.632. The molecule has 1 aliphatic carbocycles. The summed E-state index contributed by atoms with van der Waals surface area (Å²) in [7, 11) is -2.25. The molecule has 6 nitrogen and oxygen atoms in total. The number of methoxy groups -OCH3 is 1. The predicted molar refractivity (Wildman–Crippen MR) is 102 cm³/mol. The molecule has 1 amide bonds. The van der Waals surface area contributed by atoms with Gasteiger partial charge in [-0.2, -0.15) is 4.72 Å². The van der Waals surface area contributed by atoms with Gasteiger partial charge in [-0.05, 0) is 48.9 Å². The quantitative estimate of drug-likeness (QED) is 0.759. The van der Waals surface area contributed by atoms with Crippen molar-refractivity contribution in [3.63, 3.8) is 0 Å². The van der Waals surface area contributed by atoms with Gasteiger partial charge in [-0.3, -0.25) is 4.79 Å². The molecule has 2 N–H and O–H groups in total. The molecular formula is C19H30N2O4S. The smallest absolute Gasteiger partial charge is 0.241 e. The second kappa shape index (κ2) is 8.86. The number of carbonyl (C=O) groups is 1. The van der Waals surface area contributed by atoms with Crippen molar-refractivity contribution in [1.29, 1.82) is 0 Å². The van der Waals surface area contributed by atoms with Crippen molar-refractivity contribution in [3.8, 4) is 5.75 Å². The minimum absolute atomic E-state index is 0.103. The van der Waals surface area contributed by atoms with Gasteiger partial charge in [0.1, 0.15) is 11.8 Å². The van der Waals surface area contributed by atoms with Crippen LogP contribution >= 0.6 is 0 Å². The molecule has 7 heteroatoms. The zero-order valence-corrected chi connectivity index (χ0v) is 16.8. The van der Waals surface area contributed by atoms with Crippen molar-refractivity contribution in [2.45, 2.75) is 63.4 Å². The van der Waals surface area contributed by atoms with Gasteiger partial charge in [-0.25, -0.2) is 8.42 Å². The Kier molecular flexibility index (Phi) is 7.06. The molecule has 1 saturated carbocycles. The number of nitrogens with one attached hydrogen (secondary N) is 2. The summed E-state index contributed by atoms with van der Waals surface area (Å²) in [6.45, 7) is 6.15. The van der Waals surface area contributed by atoms with Gasteiger partial charge in [-0.15, -0.1) is 0 Å². The first-order chi connectivity index (χ1) is 12.3. The molecule has 0 bridgehead atoms. The van der Waals surface area contributed by atoms with E-state index >= 15 is 0 Å². The van der Waals surface area contributed by atoms with E-state index in [0.29, 0.717) is 24.0 Å². The van der Waals surface area contributed by atoms with Gasteiger partial charge < -0.3 is 10.1 Å². The van der Waals surface area contributed by atoms with Gasteiger partial charge in [-0.1, -0.05) is 33.6 Å². The zero-order chi connectivity index (χ0) is 19.3. The van der Waals surface area contributed by atoms with Gasteiger partial charge in [0.2, 0.25) is 15.9 Å². The first kappa shape index (κ1) is 20.7. The molecule has 0 aliphatic heterocycles. The van der Waals surface area contributed by atoms with Crippen LogP contribution in [0.25, 0.3) is 0 Å². The van der Waals surface area contributed by atoms with E-state index in [1.54, 1.807) is 19.1 Å². The number of hydrogen-bond acceptors (Lipinski definition) is 4. The molecule has 4 unspecified atom stereocenters. The average molecular weight is 383 g/mol. The molecule has 0 radical (unpaired) electrons. The van der Waals surface area contributed by atoms with Crippen molar-refractivity contribution in [3.05, 3.63) is 24.3 Å². The van der Waals surface area contributed by atoms with Crippen LogP contribution in [0.4, 0.5) is 0 Å². The summed E-state index contributed by atoms with van der Waals surface area (Å²) < 4.78 is 32.7. The zero-order valence-electron chi connectivity index (χ0n) is 16.0. The van der Waals surface area contributed by atoms with Crippen LogP contribution in [0.2, 0.25) is 0 Å². The second-order valence-corrected chi connectivity index (χ2v) is 8.85. The van der Waals surface area contributed by atoms with Crippen LogP contribution < -0.4 is 14.8 Å². The highest BCUT2D eigenvalue weighted by atomic mass is 32.2. The minimum Gasteiger partial charge on any atom is -0.497 e. The van der Waals surface area contributed by atoms with E-state index in [9.17, 15) is 13.2 Å². The highest BCUT2D eigenvalue weighted by molar-refractivity contribution is 7.89. The largest absolute Gasteiger partial charge is 0.497 e. The van der Waals surface area contributed by atoms with E-state index in [2.05, 4.69) is 23.9 Å². The monoisotopic (exact) mass is 382 g/mol. The maximum atomic E-state index is 12.6. The first-order valence-electron chi connectivity index (χ1n) is 9.25. The molecule has 146 valence electrons. The third-order valence-electron chi connectivity index (χ3n) is 5.43. The van der Waals surface area contributed by atoms with Crippen LogP contribution in [0.1, 0.15) is 46.5 Å². The molecule has 4 atom stereocenters. The summed E-state index contributed by atoms with van der Waals surface area (Å²) in [6, 6.07) is 5.42. The van der Waals surface area contributed by atoms with E-state index < -0.39 is 16.1 Å². The van der Waals surface area contributed by atoms with Crippen LogP contribution in [0.5, 0.6) is 5.75 Å². The standard InChI is InChI=1S/C19H30N2O4S/c1-5-17(19(22)20-18-8-6-7-13(2)14(18)3)21-26(23,24)16-11-9-15(25-4)10-12-16/h9-14,17-18,21H,5-8H2,1-4H3,(H,20,22). The van der Waals surface area contributed by atoms with Crippen LogP contribution in [-0.2, 0) is 14.8 Å². The van der Waals surface area contributed by atoms with Gasteiger partial charge in [0.15, 0.2) is 0 Å². The normalized spacial score (nSPS) is 24.7. The molecule has 1 aromatic carbocycles. The van der Waals surface area contributed by atoms with E-state index in [1.807, 2.05) is 0 Å². The lowest BCUT2D eigenvalue weighted by Gasteiger charge is -2.35. The molecule has 2 rings (SSSR count). The molecule has 0 aromatic heterocycles. The predicted octanol–water partition coefficient (Wildman–Crippen LogP) is 2.69. The Bertz CT molecular complexity index is 703. The van der Waals surface area contributed by atoms with Gasteiger partial charge in [0.05, 0.1) is 12.0 Å². The molecule has 1 fully saturated rings. The summed E-state index contributed by atoms with van der Waals surface area (Å²) in [5, 5.41) is 3.06. The summed E-state index contributed by atoms with van der Waals surface area (Å²) in [4.78, 5) is 12.8. The summed E-state index contributed by atoms with van der Waals surface area (Å²) >= 11 is 0. The minimum atomic E-state index is -3.77. The van der Waals surface area contributed by atoms with Crippen molar-refractivity contribution < 1.29 is 17.9 Å². The van der Waals surface area contributed by atoms with Gasteiger partial charge in [0, 0.05) is 6.04 Å². The van der Waals surface area contributed by atoms with Crippen LogP contribution in [0, 0.1) is 11.8 Å². The Balaban J connectivity index is 2.05. The number of benzene rings is 1. The Hall–Kier alpha value is -1.60. The third-order valence-corrected chi connectivity index (χ3v) is 6.91. The van der Waals surface area contributed by atoms with Crippen molar-refractivity contribution in [2.24, 2.45) is 11.8 Å². The van der Waals surface area contributed by atoms with Crippen LogP contribution in [0.3, 0.4) is 0 Å². The highest BCUT2D eigenvalue weighted by Gasteiger charge is 2.31. The maximum Gasteiger partial charge on any atom is 0.241 e.